The first kappa shape index (κ1) is 19.3. The maximum Gasteiger partial charge on any atom is 0.308 e. The van der Waals surface area contributed by atoms with E-state index >= 15 is 0 Å². The Morgan fingerprint density at radius 3 is 2.59 bits per heavy atom. The molecule has 1 aromatic heterocycles. The van der Waals surface area contributed by atoms with E-state index in [0.29, 0.717) is 16.9 Å². The molecule has 1 heterocycles. The molecule has 2 aromatic rings. The van der Waals surface area contributed by atoms with Crippen LogP contribution in [0.5, 0.6) is 0 Å². The highest BCUT2D eigenvalue weighted by molar-refractivity contribution is 7.89. The Kier molecular flexibility index (Phi) is 5.23. The number of nitrogens with zero attached hydrogens (tertiary/aromatic N) is 3. The minimum absolute atomic E-state index is 0.0613. The summed E-state index contributed by atoms with van der Waals surface area (Å²) in [6.07, 6.45) is 2.85. The Labute approximate surface area is 157 Å². The molecule has 1 amide bonds. The second kappa shape index (κ2) is 7.30. The predicted octanol–water partition coefficient (Wildman–Crippen LogP) is 1.29. The standard InChI is InChI=1S/C18H23N3O5S/c1-12(18(23)24)9-20(13-7-8-13)17(22)10-21-15-6-4-3-5-14(15)19-16(21)11-27(2,25)26/h3-6,12-13H,7-11H2,1-2H3,(H,23,24). The van der Waals surface area contributed by atoms with Gasteiger partial charge in [0.25, 0.3) is 0 Å². The summed E-state index contributed by atoms with van der Waals surface area (Å²) in [4.78, 5) is 30.1. The normalized spacial score (nSPS) is 15.6. The number of amides is 1. The second-order valence-corrected chi connectivity index (χ2v) is 9.33. The molecular weight excluding hydrogens is 370 g/mol. The molecule has 1 atom stereocenters. The fourth-order valence-corrected chi connectivity index (χ4v) is 3.78. The molecule has 1 aliphatic rings. The smallest absolute Gasteiger partial charge is 0.308 e. The van der Waals surface area contributed by atoms with Gasteiger partial charge in [-0.2, -0.15) is 0 Å². The Balaban J connectivity index is 1.90. The molecule has 27 heavy (non-hydrogen) atoms. The van der Waals surface area contributed by atoms with Crippen molar-refractivity contribution in [3.05, 3.63) is 30.1 Å². The van der Waals surface area contributed by atoms with Gasteiger partial charge in [0.05, 0.1) is 17.0 Å². The molecular formula is C18H23N3O5S. The number of aromatic nitrogens is 2. The maximum atomic E-state index is 12.9. The van der Waals surface area contributed by atoms with Crippen molar-refractivity contribution < 1.29 is 23.1 Å². The van der Waals surface area contributed by atoms with Crippen LogP contribution in [0.2, 0.25) is 0 Å². The van der Waals surface area contributed by atoms with Crippen LogP contribution in [0, 0.1) is 5.92 Å². The highest BCUT2D eigenvalue weighted by Gasteiger charge is 2.35. The van der Waals surface area contributed by atoms with Gasteiger partial charge in [-0.25, -0.2) is 13.4 Å². The van der Waals surface area contributed by atoms with E-state index in [-0.39, 0.29) is 30.8 Å². The Hall–Kier alpha value is -2.42. The van der Waals surface area contributed by atoms with Crippen molar-refractivity contribution in [3.63, 3.8) is 0 Å². The zero-order valence-corrected chi connectivity index (χ0v) is 16.1. The molecule has 0 bridgehead atoms. The van der Waals surface area contributed by atoms with E-state index in [9.17, 15) is 18.0 Å². The molecule has 1 fully saturated rings. The third kappa shape index (κ3) is 4.65. The molecule has 0 aliphatic heterocycles. The first-order chi connectivity index (χ1) is 12.7. The molecule has 1 aromatic carbocycles. The second-order valence-electron chi connectivity index (χ2n) is 7.19. The highest BCUT2D eigenvalue weighted by atomic mass is 32.2. The van der Waals surface area contributed by atoms with Gasteiger partial charge in [-0.15, -0.1) is 0 Å². The molecule has 0 spiro atoms. The van der Waals surface area contributed by atoms with Crippen LogP contribution in [-0.4, -0.2) is 58.7 Å². The van der Waals surface area contributed by atoms with Gasteiger partial charge < -0.3 is 14.6 Å². The van der Waals surface area contributed by atoms with Crippen LogP contribution in [0.25, 0.3) is 11.0 Å². The van der Waals surface area contributed by atoms with Gasteiger partial charge in [-0.1, -0.05) is 19.1 Å². The molecule has 3 rings (SSSR count). The number of hydrogen-bond donors (Lipinski definition) is 1. The summed E-state index contributed by atoms with van der Waals surface area (Å²) >= 11 is 0. The van der Waals surface area contributed by atoms with Crippen LogP contribution in [0.1, 0.15) is 25.6 Å². The lowest BCUT2D eigenvalue weighted by Crippen LogP contribution is -2.40. The van der Waals surface area contributed by atoms with Crippen molar-refractivity contribution in [2.45, 2.75) is 38.1 Å². The molecule has 0 saturated heterocycles. The first-order valence-corrected chi connectivity index (χ1v) is 10.9. The van der Waals surface area contributed by atoms with E-state index in [4.69, 9.17) is 5.11 Å². The number of aliphatic carboxylic acids is 1. The number of rotatable bonds is 8. The molecule has 1 saturated carbocycles. The number of fused-ring (bicyclic) bond motifs is 1. The molecule has 1 aliphatic carbocycles. The summed E-state index contributed by atoms with van der Waals surface area (Å²) in [5.74, 6) is -1.77. The van der Waals surface area contributed by atoms with Gasteiger partial charge in [0.2, 0.25) is 5.91 Å². The maximum absolute atomic E-state index is 12.9. The van der Waals surface area contributed by atoms with E-state index in [1.807, 2.05) is 0 Å². The molecule has 0 radical (unpaired) electrons. The lowest BCUT2D eigenvalue weighted by Gasteiger charge is -2.25. The third-order valence-electron chi connectivity index (χ3n) is 4.62. The molecule has 9 heteroatoms. The fraction of sp³-hybridized carbons (Fsp3) is 0.500. The van der Waals surface area contributed by atoms with Gasteiger partial charge in [-0.05, 0) is 25.0 Å². The zero-order chi connectivity index (χ0) is 19.8. The van der Waals surface area contributed by atoms with Crippen molar-refractivity contribution in [2.75, 3.05) is 12.8 Å². The van der Waals surface area contributed by atoms with E-state index in [2.05, 4.69) is 4.98 Å². The minimum atomic E-state index is -3.32. The Morgan fingerprint density at radius 1 is 1.33 bits per heavy atom. The molecule has 8 nitrogen and oxygen atoms in total. The molecule has 146 valence electrons. The monoisotopic (exact) mass is 393 g/mol. The third-order valence-corrected chi connectivity index (χ3v) is 5.40. The number of carbonyl (C=O) groups excluding carboxylic acids is 1. The van der Waals surface area contributed by atoms with Crippen LogP contribution >= 0.6 is 0 Å². The quantitative estimate of drug-likeness (QED) is 0.724. The largest absolute Gasteiger partial charge is 0.481 e. The van der Waals surface area contributed by atoms with Gasteiger partial charge in [0.15, 0.2) is 9.84 Å². The summed E-state index contributed by atoms with van der Waals surface area (Å²) in [7, 11) is -3.32. The van der Waals surface area contributed by atoms with E-state index < -0.39 is 21.7 Å². The number of carbonyl (C=O) groups is 2. The van der Waals surface area contributed by atoms with Crippen molar-refractivity contribution in [2.24, 2.45) is 5.92 Å². The van der Waals surface area contributed by atoms with Crippen LogP contribution in [0.15, 0.2) is 24.3 Å². The van der Waals surface area contributed by atoms with Gasteiger partial charge in [-0.3, -0.25) is 9.59 Å². The number of carboxylic acid groups (broad SMARTS) is 1. The lowest BCUT2D eigenvalue weighted by molar-refractivity contribution is -0.143. The summed E-state index contributed by atoms with van der Waals surface area (Å²) in [5.41, 5.74) is 1.31. The van der Waals surface area contributed by atoms with Crippen LogP contribution in [0.4, 0.5) is 0 Å². The topological polar surface area (TPSA) is 110 Å². The predicted molar refractivity (Wildman–Crippen MR) is 99.8 cm³/mol. The number of sulfone groups is 1. The summed E-state index contributed by atoms with van der Waals surface area (Å²) in [5, 5.41) is 9.16. The van der Waals surface area contributed by atoms with Gasteiger partial charge in [0, 0.05) is 18.8 Å². The van der Waals surface area contributed by atoms with Crippen LogP contribution in [-0.2, 0) is 31.7 Å². The van der Waals surface area contributed by atoms with Crippen molar-refractivity contribution in [1.29, 1.82) is 0 Å². The highest BCUT2D eigenvalue weighted by Crippen LogP contribution is 2.28. The molecule has 1 N–H and O–H groups in total. The Bertz CT molecular complexity index is 978. The SMILES string of the molecule is CC(CN(C(=O)Cn1c(CS(C)(=O)=O)nc2ccccc21)C1CC1)C(=O)O. The number of carboxylic acids is 1. The summed E-state index contributed by atoms with van der Waals surface area (Å²) < 4.78 is 25.2. The minimum Gasteiger partial charge on any atom is -0.481 e. The van der Waals surface area contributed by atoms with Crippen molar-refractivity contribution in [3.8, 4) is 0 Å². The average Bonchev–Trinajstić information content (AvgIpc) is 3.35. The summed E-state index contributed by atoms with van der Waals surface area (Å²) in [6.45, 7) is 1.66. The van der Waals surface area contributed by atoms with E-state index in [0.717, 1.165) is 19.1 Å². The first-order valence-electron chi connectivity index (χ1n) is 8.80. The molecule has 1 unspecified atom stereocenters. The van der Waals surface area contributed by atoms with Crippen LogP contribution < -0.4 is 0 Å². The van der Waals surface area contributed by atoms with Gasteiger partial charge >= 0.3 is 5.97 Å². The average molecular weight is 393 g/mol. The van der Waals surface area contributed by atoms with Gasteiger partial charge in [0.1, 0.15) is 18.1 Å². The van der Waals surface area contributed by atoms with E-state index in [1.165, 1.54) is 0 Å². The lowest BCUT2D eigenvalue weighted by atomic mass is 10.1. The number of hydrogen-bond acceptors (Lipinski definition) is 5. The van der Waals surface area contributed by atoms with Crippen molar-refractivity contribution >= 4 is 32.7 Å². The Morgan fingerprint density at radius 2 is 2.00 bits per heavy atom. The zero-order valence-electron chi connectivity index (χ0n) is 15.3. The number of imidazole rings is 1. The number of benzene rings is 1. The summed E-state index contributed by atoms with van der Waals surface area (Å²) in [6, 6.07) is 7.24. The van der Waals surface area contributed by atoms with Crippen molar-refractivity contribution in [1.82, 2.24) is 14.5 Å². The number of para-hydroxylation sites is 2. The van der Waals surface area contributed by atoms with E-state index in [1.54, 1.807) is 40.7 Å². The fourth-order valence-electron chi connectivity index (χ4n) is 3.09. The van der Waals surface area contributed by atoms with Crippen LogP contribution in [0.3, 0.4) is 0 Å².